The first kappa shape index (κ1) is 14.8. The SMILES string of the molecule is C#CCC(C)NC(C)C(=O)NCC(F)(F)F. The zero-order chi connectivity index (χ0) is 12.8. The number of nitrogens with one attached hydrogen (secondary N) is 2. The molecule has 0 bridgehead atoms. The third kappa shape index (κ3) is 7.12. The third-order valence-corrected chi connectivity index (χ3v) is 1.81. The molecule has 0 aliphatic heterocycles. The Morgan fingerprint density at radius 2 is 2.00 bits per heavy atom. The van der Waals surface area contributed by atoms with Crippen molar-refractivity contribution in [3.63, 3.8) is 0 Å². The van der Waals surface area contributed by atoms with Gasteiger partial charge in [-0.15, -0.1) is 12.3 Å². The van der Waals surface area contributed by atoms with Gasteiger partial charge >= 0.3 is 6.18 Å². The summed E-state index contributed by atoms with van der Waals surface area (Å²) in [5, 5.41) is 4.59. The lowest BCUT2D eigenvalue weighted by atomic mass is 10.2. The van der Waals surface area contributed by atoms with Gasteiger partial charge in [0.1, 0.15) is 6.54 Å². The van der Waals surface area contributed by atoms with Crippen LogP contribution in [0.25, 0.3) is 0 Å². The summed E-state index contributed by atoms with van der Waals surface area (Å²) in [6.07, 6.45) is 1.08. The van der Waals surface area contributed by atoms with Crippen LogP contribution in [0, 0.1) is 12.3 Å². The largest absolute Gasteiger partial charge is 0.405 e. The molecule has 0 rings (SSSR count). The molecule has 92 valence electrons. The molecule has 0 fully saturated rings. The number of rotatable bonds is 5. The standard InChI is InChI=1S/C10H15F3N2O/c1-4-5-7(2)15-8(3)9(16)14-6-10(11,12)13/h1,7-8,15H,5-6H2,2-3H3,(H,14,16). The van der Waals surface area contributed by atoms with E-state index < -0.39 is 24.7 Å². The topological polar surface area (TPSA) is 41.1 Å². The maximum atomic E-state index is 11.8. The molecule has 0 aliphatic rings. The highest BCUT2D eigenvalue weighted by atomic mass is 19.4. The minimum atomic E-state index is -4.39. The Hall–Kier alpha value is -1.22. The second-order valence-corrected chi connectivity index (χ2v) is 3.53. The van der Waals surface area contributed by atoms with Crippen molar-refractivity contribution in [1.82, 2.24) is 10.6 Å². The highest BCUT2D eigenvalue weighted by Crippen LogP contribution is 2.12. The molecule has 3 nitrogen and oxygen atoms in total. The van der Waals surface area contributed by atoms with Crippen molar-refractivity contribution >= 4 is 5.91 Å². The van der Waals surface area contributed by atoms with Gasteiger partial charge < -0.3 is 10.6 Å². The molecule has 0 aromatic heterocycles. The lowest BCUT2D eigenvalue weighted by Crippen LogP contribution is -2.47. The van der Waals surface area contributed by atoms with Gasteiger partial charge in [-0.2, -0.15) is 13.2 Å². The first-order chi connectivity index (χ1) is 7.26. The maximum absolute atomic E-state index is 11.8. The normalized spacial score (nSPS) is 15.0. The molecule has 0 radical (unpaired) electrons. The molecule has 1 amide bonds. The molecular weight excluding hydrogens is 221 g/mol. The molecule has 0 saturated carbocycles. The summed E-state index contributed by atoms with van der Waals surface area (Å²) in [5.74, 6) is 1.70. The number of halogens is 3. The number of terminal acetylenes is 1. The Kier molecular flexibility index (Phi) is 5.89. The van der Waals surface area contributed by atoms with E-state index in [0.29, 0.717) is 6.42 Å². The molecule has 2 atom stereocenters. The minimum absolute atomic E-state index is 0.114. The quantitative estimate of drug-likeness (QED) is 0.701. The highest BCUT2D eigenvalue weighted by Gasteiger charge is 2.28. The van der Waals surface area contributed by atoms with Gasteiger partial charge in [-0.25, -0.2) is 0 Å². The molecular formula is C10H15F3N2O. The Morgan fingerprint density at radius 3 is 2.44 bits per heavy atom. The summed E-state index contributed by atoms with van der Waals surface area (Å²) in [7, 11) is 0. The van der Waals surface area contributed by atoms with Crippen LogP contribution in [0.5, 0.6) is 0 Å². The fraction of sp³-hybridized carbons (Fsp3) is 0.700. The summed E-state index contributed by atoms with van der Waals surface area (Å²) >= 11 is 0. The van der Waals surface area contributed by atoms with Crippen LogP contribution in [0.15, 0.2) is 0 Å². The van der Waals surface area contributed by atoms with E-state index in [0.717, 1.165) is 0 Å². The van der Waals surface area contributed by atoms with Gasteiger partial charge in [-0.05, 0) is 13.8 Å². The molecule has 2 unspecified atom stereocenters. The molecule has 0 aromatic rings. The van der Waals surface area contributed by atoms with Crippen LogP contribution in [-0.4, -0.2) is 30.7 Å². The van der Waals surface area contributed by atoms with Crippen LogP contribution < -0.4 is 10.6 Å². The summed E-state index contributed by atoms with van der Waals surface area (Å²) in [4.78, 5) is 11.2. The highest BCUT2D eigenvalue weighted by molar-refractivity contribution is 5.81. The van der Waals surface area contributed by atoms with Crippen molar-refractivity contribution in [2.75, 3.05) is 6.54 Å². The van der Waals surface area contributed by atoms with Gasteiger partial charge in [0.25, 0.3) is 0 Å². The molecule has 6 heteroatoms. The van der Waals surface area contributed by atoms with Crippen LogP contribution >= 0.6 is 0 Å². The van der Waals surface area contributed by atoms with E-state index in [1.165, 1.54) is 6.92 Å². The smallest absolute Gasteiger partial charge is 0.346 e. The monoisotopic (exact) mass is 236 g/mol. The van der Waals surface area contributed by atoms with E-state index in [2.05, 4.69) is 11.2 Å². The van der Waals surface area contributed by atoms with Gasteiger partial charge in [0.05, 0.1) is 6.04 Å². The fourth-order valence-electron chi connectivity index (χ4n) is 1.08. The molecule has 0 spiro atoms. The zero-order valence-corrected chi connectivity index (χ0v) is 9.19. The van der Waals surface area contributed by atoms with Crippen LogP contribution in [0.3, 0.4) is 0 Å². The van der Waals surface area contributed by atoms with Gasteiger partial charge in [0, 0.05) is 12.5 Å². The van der Waals surface area contributed by atoms with Gasteiger partial charge in [0.2, 0.25) is 5.91 Å². The predicted molar refractivity (Wildman–Crippen MR) is 54.6 cm³/mol. The average molecular weight is 236 g/mol. The Morgan fingerprint density at radius 1 is 1.44 bits per heavy atom. The molecule has 2 N–H and O–H groups in total. The Labute approximate surface area is 92.8 Å². The number of hydrogen-bond donors (Lipinski definition) is 2. The lowest BCUT2D eigenvalue weighted by molar-refractivity contribution is -0.139. The first-order valence-electron chi connectivity index (χ1n) is 4.80. The number of alkyl halides is 3. The molecule has 0 aliphatic carbocycles. The van der Waals surface area contributed by atoms with Crippen molar-refractivity contribution in [3.8, 4) is 12.3 Å². The van der Waals surface area contributed by atoms with Crippen LogP contribution in [0.4, 0.5) is 13.2 Å². The van der Waals surface area contributed by atoms with E-state index >= 15 is 0 Å². The van der Waals surface area contributed by atoms with Crippen molar-refractivity contribution in [3.05, 3.63) is 0 Å². The molecule has 0 saturated heterocycles. The van der Waals surface area contributed by atoms with Crippen molar-refractivity contribution in [2.24, 2.45) is 0 Å². The van der Waals surface area contributed by atoms with Crippen molar-refractivity contribution in [2.45, 2.75) is 38.5 Å². The first-order valence-corrected chi connectivity index (χ1v) is 4.80. The predicted octanol–water partition coefficient (Wildman–Crippen LogP) is 1.05. The van der Waals surface area contributed by atoms with Gasteiger partial charge in [-0.1, -0.05) is 0 Å². The van der Waals surface area contributed by atoms with Crippen LogP contribution in [0.1, 0.15) is 20.3 Å². The van der Waals surface area contributed by atoms with Gasteiger partial charge in [-0.3, -0.25) is 4.79 Å². The Balaban J connectivity index is 3.96. The minimum Gasteiger partial charge on any atom is -0.346 e. The van der Waals surface area contributed by atoms with Crippen LogP contribution in [-0.2, 0) is 4.79 Å². The van der Waals surface area contributed by atoms with Crippen LogP contribution in [0.2, 0.25) is 0 Å². The number of hydrogen-bond acceptors (Lipinski definition) is 2. The second kappa shape index (κ2) is 6.38. The maximum Gasteiger partial charge on any atom is 0.405 e. The summed E-state index contributed by atoms with van der Waals surface area (Å²) in [6, 6.07) is -0.817. The van der Waals surface area contributed by atoms with Crippen molar-refractivity contribution < 1.29 is 18.0 Å². The summed E-state index contributed by atoms with van der Waals surface area (Å²) in [5.41, 5.74) is 0. The fourth-order valence-corrected chi connectivity index (χ4v) is 1.08. The summed E-state index contributed by atoms with van der Waals surface area (Å²) < 4.78 is 35.4. The van der Waals surface area contributed by atoms with E-state index in [1.54, 1.807) is 12.2 Å². The van der Waals surface area contributed by atoms with E-state index in [9.17, 15) is 18.0 Å². The van der Waals surface area contributed by atoms with Crippen molar-refractivity contribution in [1.29, 1.82) is 0 Å². The Bertz CT molecular complexity index is 270. The molecule has 0 aromatic carbocycles. The second-order valence-electron chi connectivity index (χ2n) is 3.53. The van der Waals surface area contributed by atoms with E-state index in [-0.39, 0.29) is 6.04 Å². The molecule has 0 heterocycles. The number of amides is 1. The summed E-state index contributed by atoms with van der Waals surface area (Å²) in [6.45, 7) is 1.92. The molecule has 16 heavy (non-hydrogen) atoms. The van der Waals surface area contributed by atoms with Gasteiger partial charge in [0.15, 0.2) is 0 Å². The zero-order valence-electron chi connectivity index (χ0n) is 9.19. The lowest BCUT2D eigenvalue weighted by Gasteiger charge is -2.18. The average Bonchev–Trinajstić information content (AvgIpc) is 2.13. The van der Waals surface area contributed by atoms with E-state index in [1.807, 2.05) is 0 Å². The van der Waals surface area contributed by atoms with E-state index in [4.69, 9.17) is 6.42 Å². The number of carbonyl (C=O) groups excluding carboxylic acids is 1. The third-order valence-electron chi connectivity index (χ3n) is 1.81. The number of carbonyl (C=O) groups is 1.